The quantitative estimate of drug-likeness (QED) is 0.238. The molecular formula is C23H17N3O4. The molecule has 7 heteroatoms. The highest BCUT2D eigenvalue weighted by atomic mass is 16.6. The number of nitro benzene ring substituents is 1. The van der Waals surface area contributed by atoms with Crippen molar-refractivity contribution < 1.29 is 14.5 Å². The highest BCUT2D eigenvalue weighted by Gasteiger charge is 2.18. The Balaban J connectivity index is 1.66. The number of Topliss-reactive ketones (excluding diaryl/α,β-unsaturated/α-hetero) is 1. The standard InChI is InChI=1S/C23H17N3O4/c1-2-22(27)15-7-10-17(11-8-15)30-23-12-9-16(13-21(23)26(28)29)20-14-24-18-5-3-4-6-19(18)25-20/h3-14H,2H2,1H3. The molecule has 0 bridgehead atoms. The van der Waals surface area contributed by atoms with E-state index in [0.717, 1.165) is 5.52 Å². The lowest BCUT2D eigenvalue weighted by Crippen LogP contribution is -1.97. The molecule has 0 amide bonds. The summed E-state index contributed by atoms with van der Waals surface area (Å²) in [7, 11) is 0. The minimum atomic E-state index is -0.498. The molecule has 30 heavy (non-hydrogen) atoms. The molecule has 4 aromatic rings. The normalized spacial score (nSPS) is 10.7. The molecule has 0 atom stereocenters. The van der Waals surface area contributed by atoms with Crippen LogP contribution in [0.1, 0.15) is 23.7 Å². The summed E-state index contributed by atoms with van der Waals surface area (Å²) in [6.07, 6.45) is 2.00. The topological polar surface area (TPSA) is 95.2 Å². The zero-order valence-corrected chi connectivity index (χ0v) is 16.1. The van der Waals surface area contributed by atoms with Crippen molar-refractivity contribution >= 4 is 22.5 Å². The molecular weight excluding hydrogens is 382 g/mol. The van der Waals surface area contributed by atoms with Gasteiger partial charge in [0.1, 0.15) is 5.75 Å². The third-order valence-electron chi connectivity index (χ3n) is 4.63. The van der Waals surface area contributed by atoms with E-state index >= 15 is 0 Å². The highest BCUT2D eigenvalue weighted by molar-refractivity contribution is 5.95. The lowest BCUT2D eigenvalue weighted by atomic mass is 10.1. The molecule has 0 N–H and O–H groups in total. The molecule has 148 valence electrons. The molecule has 0 saturated carbocycles. The number of nitro groups is 1. The van der Waals surface area contributed by atoms with E-state index in [1.165, 1.54) is 12.1 Å². The van der Waals surface area contributed by atoms with E-state index in [1.54, 1.807) is 43.5 Å². The fraction of sp³-hybridized carbons (Fsp3) is 0.0870. The first kappa shape index (κ1) is 19.2. The molecule has 0 aliphatic heterocycles. The minimum Gasteiger partial charge on any atom is -0.450 e. The van der Waals surface area contributed by atoms with Gasteiger partial charge in [-0.25, -0.2) is 4.98 Å². The molecule has 7 nitrogen and oxygen atoms in total. The van der Waals surface area contributed by atoms with Crippen molar-refractivity contribution in [1.82, 2.24) is 9.97 Å². The first-order chi connectivity index (χ1) is 14.5. The maximum atomic E-state index is 11.7. The molecule has 1 heterocycles. The smallest absolute Gasteiger partial charge is 0.312 e. The van der Waals surface area contributed by atoms with Gasteiger partial charge in [0.05, 0.1) is 27.8 Å². The van der Waals surface area contributed by atoms with Gasteiger partial charge in [0.15, 0.2) is 5.78 Å². The first-order valence-electron chi connectivity index (χ1n) is 9.37. The Kier molecular flexibility index (Phi) is 5.17. The predicted octanol–water partition coefficient (Wildman–Crippen LogP) is 5.59. The van der Waals surface area contributed by atoms with Gasteiger partial charge in [0, 0.05) is 23.6 Å². The molecule has 0 radical (unpaired) electrons. The maximum Gasteiger partial charge on any atom is 0.312 e. The van der Waals surface area contributed by atoms with Gasteiger partial charge in [0.25, 0.3) is 0 Å². The van der Waals surface area contributed by atoms with Crippen LogP contribution in [0.5, 0.6) is 11.5 Å². The van der Waals surface area contributed by atoms with Crippen molar-refractivity contribution in [2.45, 2.75) is 13.3 Å². The molecule has 0 aliphatic rings. The lowest BCUT2D eigenvalue weighted by Gasteiger charge is -2.09. The molecule has 3 aromatic carbocycles. The van der Waals surface area contributed by atoms with Crippen LogP contribution in [0, 0.1) is 10.1 Å². The number of carbonyl (C=O) groups excluding carboxylic acids is 1. The van der Waals surface area contributed by atoms with Gasteiger partial charge < -0.3 is 4.74 Å². The van der Waals surface area contributed by atoms with Gasteiger partial charge in [-0.3, -0.25) is 19.9 Å². The van der Waals surface area contributed by atoms with Crippen LogP contribution in [-0.2, 0) is 0 Å². The number of hydrogen-bond acceptors (Lipinski definition) is 6. The minimum absolute atomic E-state index is 0.0216. The fourth-order valence-electron chi connectivity index (χ4n) is 3.04. The SMILES string of the molecule is CCC(=O)c1ccc(Oc2ccc(-c3cnc4ccccc4n3)cc2[N+](=O)[O-])cc1. The Hall–Kier alpha value is -4.13. The molecule has 0 saturated heterocycles. The summed E-state index contributed by atoms with van der Waals surface area (Å²) in [5.74, 6) is 0.532. The Bertz CT molecular complexity index is 1250. The molecule has 0 aliphatic carbocycles. The third-order valence-corrected chi connectivity index (χ3v) is 4.63. The second-order valence-electron chi connectivity index (χ2n) is 6.59. The van der Waals surface area contributed by atoms with Crippen LogP contribution in [0.3, 0.4) is 0 Å². The molecule has 0 fully saturated rings. The van der Waals surface area contributed by atoms with E-state index in [1.807, 2.05) is 24.3 Å². The Morgan fingerprint density at radius 2 is 1.77 bits per heavy atom. The number of ether oxygens (including phenoxy) is 1. The Morgan fingerprint density at radius 1 is 1.03 bits per heavy atom. The number of para-hydroxylation sites is 2. The molecule has 4 rings (SSSR count). The summed E-state index contributed by atoms with van der Waals surface area (Å²) in [6.45, 7) is 1.79. The van der Waals surface area contributed by atoms with Crippen LogP contribution >= 0.6 is 0 Å². The third kappa shape index (κ3) is 3.86. The van der Waals surface area contributed by atoms with Crippen molar-refractivity contribution in [2.24, 2.45) is 0 Å². The molecule has 0 spiro atoms. The highest BCUT2D eigenvalue weighted by Crippen LogP contribution is 2.35. The zero-order valence-electron chi connectivity index (χ0n) is 16.1. The lowest BCUT2D eigenvalue weighted by molar-refractivity contribution is -0.385. The van der Waals surface area contributed by atoms with Gasteiger partial charge in [-0.1, -0.05) is 19.1 Å². The van der Waals surface area contributed by atoms with Crippen LogP contribution in [0.2, 0.25) is 0 Å². The predicted molar refractivity (Wildman–Crippen MR) is 113 cm³/mol. The Labute approximate surface area is 172 Å². The summed E-state index contributed by atoms with van der Waals surface area (Å²) in [4.78, 5) is 31.8. The number of benzene rings is 3. The summed E-state index contributed by atoms with van der Waals surface area (Å²) >= 11 is 0. The van der Waals surface area contributed by atoms with Crippen molar-refractivity contribution in [2.75, 3.05) is 0 Å². The van der Waals surface area contributed by atoms with Gasteiger partial charge in [-0.2, -0.15) is 0 Å². The zero-order chi connectivity index (χ0) is 21.1. The van der Waals surface area contributed by atoms with Gasteiger partial charge in [0.2, 0.25) is 5.75 Å². The molecule has 0 unspecified atom stereocenters. The molecule has 1 aromatic heterocycles. The summed E-state index contributed by atoms with van der Waals surface area (Å²) in [5.41, 5.74) is 2.95. The number of hydrogen-bond donors (Lipinski definition) is 0. The number of ketones is 1. The fourth-order valence-corrected chi connectivity index (χ4v) is 3.04. The van der Waals surface area contributed by atoms with Crippen LogP contribution in [0.25, 0.3) is 22.3 Å². The number of nitrogens with zero attached hydrogens (tertiary/aromatic N) is 3. The van der Waals surface area contributed by atoms with E-state index in [-0.39, 0.29) is 17.2 Å². The summed E-state index contributed by atoms with van der Waals surface area (Å²) in [5, 5.41) is 11.6. The second kappa shape index (κ2) is 8.08. The van der Waals surface area contributed by atoms with Crippen LogP contribution in [0.15, 0.2) is 72.9 Å². The van der Waals surface area contributed by atoms with E-state index < -0.39 is 4.92 Å². The van der Waals surface area contributed by atoms with Crippen LogP contribution < -0.4 is 4.74 Å². The summed E-state index contributed by atoms with van der Waals surface area (Å²) < 4.78 is 5.71. The number of carbonyl (C=O) groups is 1. The van der Waals surface area contributed by atoms with Crippen LogP contribution in [0.4, 0.5) is 5.69 Å². The largest absolute Gasteiger partial charge is 0.450 e. The number of aromatic nitrogens is 2. The average molecular weight is 399 g/mol. The monoisotopic (exact) mass is 399 g/mol. The van der Waals surface area contributed by atoms with Crippen molar-refractivity contribution in [3.05, 3.63) is 88.6 Å². The summed E-state index contributed by atoms with van der Waals surface area (Å²) in [6, 6.07) is 18.6. The number of fused-ring (bicyclic) bond motifs is 1. The average Bonchev–Trinajstić information content (AvgIpc) is 2.79. The van der Waals surface area contributed by atoms with Crippen LogP contribution in [-0.4, -0.2) is 20.7 Å². The Morgan fingerprint density at radius 3 is 2.47 bits per heavy atom. The van der Waals surface area contributed by atoms with Crippen molar-refractivity contribution in [3.8, 4) is 22.8 Å². The van der Waals surface area contributed by atoms with Gasteiger partial charge in [-0.05, 0) is 48.5 Å². The van der Waals surface area contributed by atoms with Crippen molar-refractivity contribution in [1.29, 1.82) is 0 Å². The maximum absolute atomic E-state index is 11.7. The number of rotatable bonds is 6. The van der Waals surface area contributed by atoms with Crippen molar-refractivity contribution in [3.63, 3.8) is 0 Å². The van der Waals surface area contributed by atoms with E-state index in [9.17, 15) is 14.9 Å². The second-order valence-corrected chi connectivity index (χ2v) is 6.59. The van der Waals surface area contributed by atoms with Gasteiger partial charge in [-0.15, -0.1) is 0 Å². The van der Waals surface area contributed by atoms with Gasteiger partial charge >= 0.3 is 5.69 Å². The van der Waals surface area contributed by atoms with E-state index in [4.69, 9.17) is 4.74 Å². The van der Waals surface area contributed by atoms with E-state index in [0.29, 0.717) is 34.5 Å². The van der Waals surface area contributed by atoms with E-state index in [2.05, 4.69) is 9.97 Å². The first-order valence-corrected chi connectivity index (χ1v) is 9.37.